The minimum atomic E-state index is -0.440. The molecule has 2 aromatic heterocycles. The minimum Gasteiger partial charge on any atom is -0.324 e. The standard InChI is InChI=1S/C32H26FN3O4S3/c1-15-5-2-3-6-20(15)34-22(37)14-35-31-28(43-32(35)40)26(21-7-4-12-41-21)23-18-13-19(27(23)42-31)25-24(18)29(38)36(30(25)39)17-10-8-16(33)9-11-17/h2-12,18-19,23-27H,13-14H2,1H3,(H,34,37). The molecule has 2 bridgehead atoms. The van der Waals surface area contributed by atoms with Crippen LogP contribution in [0.3, 0.4) is 0 Å². The average molecular weight is 632 g/mol. The number of benzene rings is 2. The van der Waals surface area contributed by atoms with Crippen molar-refractivity contribution in [2.45, 2.75) is 36.1 Å². The second-order valence-corrected chi connectivity index (χ2v) is 14.9. The molecule has 2 aliphatic heterocycles. The van der Waals surface area contributed by atoms with Crippen LogP contribution in [0.4, 0.5) is 15.8 Å². The first-order chi connectivity index (χ1) is 20.8. The molecule has 2 saturated carbocycles. The van der Waals surface area contributed by atoms with Crippen molar-refractivity contribution in [1.82, 2.24) is 4.57 Å². The van der Waals surface area contributed by atoms with Gasteiger partial charge in [-0.05, 0) is 78.4 Å². The number of halogens is 1. The molecular weight excluding hydrogens is 606 g/mol. The summed E-state index contributed by atoms with van der Waals surface area (Å²) in [4.78, 5) is 57.4. The Kier molecular flexibility index (Phi) is 6.29. The molecule has 3 fully saturated rings. The molecule has 218 valence electrons. The van der Waals surface area contributed by atoms with Crippen LogP contribution in [0.25, 0.3) is 0 Å². The maximum Gasteiger partial charge on any atom is 0.308 e. The molecule has 2 aromatic carbocycles. The lowest BCUT2D eigenvalue weighted by molar-refractivity contribution is -0.123. The monoisotopic (exact) mass is 631 g/mol. The van der Waals surface area contributed by atoms with E-state index < -0.39 is 17.7 Å². The number of amides is 3. The van der Waals surface area contributed by atoms with Crippen LogP contribution in [0.5, 0.6) is 0 Å². The number of anilines is 2. The third kappa shape index (κ3) is 4.04. The van der Waals surface area contributed by atoms with Gasteiger partial charge in [0.2, 0.25) is 17.7 Å². The van der Waals surface area contributed by atoms with Crippen molar-refractivity contribution in [1.29, 1.82) is 0 Å². The molecule has 0 spiro atoms. The van der Waals surface area contributed by atoms with Crippen molar-refractivity contribution in [2.24, 2.45) is 29.6 Å². The van der Waals surface area contributed by atoms with E-state index in [2.05, 4.69) is 11.4 Å². The number of thiazole rings is 1. The minimum absolute atomic E-state index is 0.00958. The van der Waals surface area contributed by atoms with E-state index >= 15 is 0 Å². The molecule has 4 aromatic rings. The molecule has 8 rings (SSSR count). The van der Waals surface area contributed by atoms with E-state index in [0.717, 1.165) is 26.8 Å². The molecule has 11 heteroatoms. The fraction of sp³-hybridized carbons (Fsp3) is 0.312. The third-order valence-electron chi connectivity index (χ3n) is 9.60. The van der Waals surface area contributed by atoms with Crippen LogP contribution in [0.2, 0.25) is 0 Å². The lowest BCUT2D eigenvalue weighted by atomic mass is 9.69. The first-order valence-corrected chi connectivity index (χ1v) is 16.8. The number of carbonyl (C=O) groups excluding carboxylic acids is 3. The Labute approximate surface area is 258 Å². The Bertz CT molecular complexity index is 1850. The Morgan fingerprint density at radius 2 is 1.72 bits per heavy atom. The number of rotatable bonds is 5. The van der Waals surface area contributed by atoms with Gasteiger partial charge in [-0.25, -0.2) is 4.39 Å². The predicted molar refractivity (Wildman–Crippen MR) is 165 cm³/mol. The molecule has 7 nitrogen and oxygen atoms in total. The SMILES string of the molecule is Cc1ccccc1NC(=O)Cn1c2c(sc1=O)C(c1cccs1)C1C3CC(C1S2)C1C(=O)N(c2ccc(F)cc2)C(=O)C31. The number of nitrogens with one attached hydrogen (secondary N) is 1. The maximum atomic E-state index is 13.9. The second kappa shape index (κ2) is 10.0. The zero-order valence-corrected chi connectivity index (χ0v) is 25.4. The molecule has 1 N–H and O–H groups in total. The van der Waals surface area contributed by atoms with E-state index in [-0.39, 0.29) is 58.1 Å². The number of aryl methyl sites for hydroxylation is 1. The molecular formula is C32H26FN3O4S3. The molecule has 3 amide bonds. The average Bonchev–Trinajstić information content (AvgIpc) is 3.81. The summed E-state index contributed by atoms with van der Waals surface area (Å²) >= 11 is 4.44. The van der Waals surface area contributed by atoms with Gasteiger partial charge in [-0.3, -0.25) is 28.6 Å². The van der Waals surface area contributed by atoms with Crippen LogP contribution in [0.1, 0.15) is 27.7 Å². The van der Waals surface area contributed by atoms with Crippen LogP contribution in [0, 0.1) is 42.3 Å². The molecule has 7 unspecified atom stereocenters. The van der Waals surface area contributed by atoms with Crippen LogP contribution in [0.15, 0.2) is 75.9 Å². The number of para-hydroxylation sites is 1. The Balaban J connectivity index is 1.16. The quantitative estimate of drug-likeness (QED) is 0.284. The molecule has 7 atom stereocenters. The highest BCUT2D eigenvalue weighted by Crippen LogP contribution is 2.69. The van der Waals surface area contributed by atoms with Gasteiger partial charge in [0.1, 0.15) is 12.4 Å². The summed E-state index contributed by atoms with van der Waals surface area (Å²) in [6.45, 7) is 1.82. The van der Waals surface area contributed by atoms with Gasteiger partial charge < -0.3 is 5.32 Å². The zero-order valence-electron chi connectivity index (χ0n) is 22.9. The van der Waals surface area contributed by atoms with Gasteiger partial charge in [0.25, 0.3) is 0 Å². The third-order valence-corrected chi connectivity index (χ3v) is 13.4. The number of thiophene rings is 1. The normalized spacial score (nSPS) is 28.6. The first kappa shape index (κ1) is 27.0. The van der Waals surface area contributed by atoms with Gasteiger partial charge in [0.05, 0.1) is 22.5 Å². The fourth-order valence-electron chi connectivity index (χ4n) is 7.93. The van der Waals surface area contributed by atoms with Gasteiger partial charge in [-0.2, -0.15) is 0 Å². The fourth-order valence-corrected chi connectivity index (χ4v) is 12.0. The molecule has 0 radical (unpaired) electrons. The number of imide groups is 1. The number of hydrogen-bond donors (Lipinski definition) is 1. The first-order valence-electron chi connectivity index (χ1n) is 14.2. The van der Waals surface area contributed by atoms with Crippen molar-refractivity contribution >= 4 is 63.5 Å². The van der Waals surface area contributed by atoms with E-state index in [1.807, 2.05) is 42.6 Å². The largest absolute Gasteiger partial charge is 0.324 e. The zero-order chi connectivity index (χ0) is 29.6. The van der Waals surface area contributed by atoms with Crippen molar-refractivity contribution in [3.8, 4) is 0 Å². The van der Waals surface area contributed by atoms with Gasteiger partial charge in [0.15, 0.2) is 0 Å². The van der Waals surface area contributed by atoms with Gasteiger partial charge >= 0.3 is 4.87 Å². The molecule has 1 saturated heterocycles. The Hall–Kier alpha value is -3.54. The molecule has 4 aliphatic rings. The second-order valence-electron chi connectivity index (χ2n) is 11.7. The van der Waals surface area contributed by atoms with Crippen molar-refractivity contribution in [3.05, 3.63) is 96.8 Å². The van der Waals surface area contributed by atoms with Crippen molar-refractivity contribution in [2.75, 3.05) is 10.2 Å². The van der Waals surface area contributed by atoms with E-state index in [9.17, 15) is 23.6 Å². The number of aromatic nitrogens is 1. The summed E-state index contributed by atoms with van der Waals surface area (Å²) < 4.78 is 15.2. The summed E-state index contributed by atoms with van der Waals surface area (Å²) in [5, 5.41) is 5.79. The highest BCUT2D eigenvalue weighted by Gasteiger charge is 2.70. The molecule has 2 aliphatic carbocycles. The van der Waals surface area contributed by atoms with Gasteiger partial charge in [-0.1, -0.05) is 35.6 Å². The Morgan fingerprint density at radius 3 is 2.44 bits per heavy atom. The highest BCUT2D eigenvalue weighted by molar-refractivity contribution is 8.00. The number of nitrogens with zero attached hydrogens (tertiary/aromatic N) is 2. The Morgan fingerprint density at radius 1 is 0.977 bits per heavy atom. The van der Waals surface area contributed by atoms with E-state index in [4.69, 9.17) is 0 Å². The maximum absolute atomic E-state index is 13.9. The summed E-state index contributed by atoms with van der Waals surface area (Å²) in [6.07, 6.45) is 0.779. The van der Waals surface area contributed by atoms with Crippen LogP contribution in [-0.2, 0) is 20.9 Å². The number of fused-ring (bicyclic) bond motifs is 9. The van der Waals surface area contributed by atoms with E-state index in [1.54, 1.807) is 27.7 Å². The lowest BCUT2D eigenvalue weighted by Gasteiger charge is -2.42. The van der Waals surface area contributed by atoms with Crippen molar-refractivity contribution < 1.29 is 18.8 Å². The summed E-state index contributed by atoms with van der Waals surface area (Å²) in [5.41, 5.74) is 2.05. The van der Waals surface area contributed by atoms with Crippen LogP contribution >= 0.6 is 34.4 Å². The predicted octanol–water partition coefficient (Wildman–Crippen LogP) is 5.74. The summed E-state index contributed by atoms with van der Waals surface area (Å²) in [6, 6.07) is 17.1. The molecule has 43 heavy (non-hydrogen) atoms. The smallest absolute Gasteiger partial charge is 0.308 e. The van der Waals surface area contributed by atoms with Gasteiger partial charge in [0, 0.05) is 26.6 Å². The number of hydrogen-bond acceptors (Lipinski definition) is 7. The molecule has 4 heterocycles. The topological polar surface area (TPSA) is 88.5 Å². The summed E-state index contributed by atoms with van der Waals surface area (Å²) in [7, 11) is 0. The summed E-state index contributed by atoms with van der Waals surface area (Å²) in [5.74, 6) is -2.02. The van der Waals surface area contributed by atoms with Crippen LogP contribution in [-0.4, -0.2) is 27.5 Å². The number of thioether (sulfide) groups is 1. The lowest BCUT2D eigenvalue weighted by Crippen LogP contribution is -2.43. The highest BCUT2D eigenvalue weighted by atomic mass is 32.2. The number of carbonyl (C=O) groups is 3. The van der Waals surface area contributed by atoms with E-state index in [1.165, 1.54) is 40.5 Å². The van der Waals surface area contributed by atoms with E-state index in [0.29, 0.717) is 11.4 Å². The van der Waals surface area contributed by atoms with Crippen LogP contribution < -0.4 is 15.1 Å². The van der Waals surface area contributed by atoms with Crippen molar-refractivity contribution in [3.63, 3.8) is 0 Å². The van der Waals surface area contributed by atoms with Gasteiger partial charge in [-0.15, -0.1) is 23.1 Å².